The third-order valence-corrected chi connectivity index (χ3v) is 6.99. The summed E-state index contributed by atoms with van der Waals surface area (Å²) in [6, 6.07) is 11.6. The number of rotatable bonds is 6. The highest BCUT2D eigenvalue weighted by Crippen LogP contribution is 2.26. The molecular formula is C20H27N3O3S. The number of sulfonamides is 1. The Morgan fingerprint density at radius 2 is 1.63 bits per heavy atom. The summed E-state index contributed by atoms with van der Waals surface area (Å²) in [6.07, 6.45) is 6.71. The number of hydrogen-bond acceptors (Lipinski definition) is 3. The molecule has 1 aromatic heterocycles. The van der Waals surface area contributed by atoms with Crippen molar-refractivity contribution >= 4 is 21.6 Å². The van der Waals surface area contributed by atoms with Gasteiger partial charge in [-0.2, -0.15) is 0 Å². The monoisotopic (exact) mass is 389 g/mol. The number of aromatic nitrogens is 1. The van der Waals surface area contributed by atoms with Crippen LogP contribution in [0, 0.1) is 5.92 Å². The highest BCUT2D eigenvalue weighted by molar-refractivity contribution is 7.90. The molecule has 0 saturated heterocycles. The Labute approximate surface area is 161 Å². The molecule has 2 N–H and O–H groups in total. The smallest absolute Gasteiger partial charge is 0.227 e. The molecule has 6 nitrogen and oxygen atoms in total. The molecule has 1 aliphatic rings. The van der Waals surface area contributed by atoms with Crippen LogP contribution in [0.5, 0.6) is 0 Å². The van der Waals surface area contributed by atoms with Crippen molar-refractivity contribution in [1.29, 1.82) is 0 Å². The summed E-state index contributed by atoms with van der Waals surface area (Å²) in [5, 5.41) is 2.54. The van der Waals surface area contributed by atoms with Gasteiger partial charge in [-0.25, -0.2) is 13.1 Å². The van der Waals surface area contributed by atoms with Gasteiger partial charge in [-0.15, -0.1) is 0 Å². The van der Waals surface area contributed by atoms with Crippen molar-refractivity contribution in [1.82, 2.24) is 9.29 Å². The molecule has 0 aliphatic heterocycles. The fourth-order valence-electron chi connectivity index (χ4n) is 3.31. The Morgan fingerprint density at radius 1 is 1.04 bits per heavy atom. The van der Waals surface area contributed by atoms with Gasteiger partial charge >= 0.3 is 0 Å². The normalized spacial score (nSPS) is 20.6. The van der Waals surface area contributed by atoms with E-state index in [-0.39, 0.29) is 17.9 Å². The predicted octanol–water partition coefficient (Wildman–Crippen LogP) is 3.30. The van der Waals surface area contributed by atoms with Gasteiger partial charge in [-0.3, -0.25) is 4.79 Å². The Morgan fingerprint density at radius 3 is 2.19 bits per heavy atom. The van der Waals surface area contributed by atoms with E-state index in [1.165, 1.54) is 0 Å². The van der Waals surface area contributed by atoms with Crippen LogP contribution in [-0.2, 0) is 14.8 Å². The van der Waals surface area contributed by atoms with Gasteiger partial charge in [0.1, 0.15) is 0 Å². The molecule has 3 rings (SSSR count). The molecule has 0 spiro atoms. The van der Waals surface area contributed by atoms with Crippen LogP contribution in [0.1, 0.15) is 39.5 Å². The third kappa shape index (κ3) is 4.99. The van der Waals surface area contributed by atoms with Gasteiger partial charge in [0.2, 0.25) is 15.9 Å². The lowest BCUT2D eigenvalue weighted by atomic mass is 9.86. The first-order valence-corrected chi connectivity index (χ1v) is 11.0. The molecule has 1 aliphatic carbocycles. The van der Waals surface area contributed by atoms with Gasteiger partial charge in [-0.1, -0.05) is 0 Å². The molecule has 1 aromatic carbocycles. The van der Waals surface area contributed by atoms with Crippen LogP contribution < -0.4 is 10.0 Å². The number of nitrogens with one attached hydrogen (secondary N) is 2. The summed E-state index contributed by atoms with van der Waals surface area (Å²) in [7, 11) is -3.26. The van der Waals surface area contributed by atoms with Crippen molar-refractivity contribution in [2.75, 3.05) is 5.32 Å². The fraction of sp³-hybridized carbons (Fsp3) is 0.450. The fourth-order valence-corrected chi connectivity index (χ4v) is 4.28. The van der Waals surface area contributed by atoms with E-state index < -0.39 is 15.3 Å². The van der Waals surface area contributed by atoms with E-state index in [9.17, 15) is 13.2 Å². The van der Waals surface area contributed by atoms with Crippen LogP contribution >= 0.6 is 0 Å². The van der Waals surface area contributed by atoms with Gasteiger partial charge in [0, 0.05) is 35.7 Å². The summed E-state index contributed by atoms with van der Waals surface area (Å²) in [6.45, 7) is 3.34. The number of hydrogen-bond donors (Lipinski definition) is 2. The van der Waals surface area contributed by atoms with E-state index in [1.807, 2.05) is 53.4 Å². The Balaban J connectivity index is 1.51. The van der Waals surface area contributed by atoms with Crippen LogP contribution in [0.15, 0.2) is 48.8 Å². The van der Waals surface area contributed by atoms with Crippen LogP contribution in [0.25, 0.3) is 5.69 Å². The van der Waals surface area contributed by atoms with Crippen molar-refractivity contribution in [2.45, 2.75) is 50.8 Å². The minimum Gasteiger partial charge on any atom is -0.326 e. The summed E-state index contributed by atoms with van der Waals surface area (Å²) < 4.78 is 28.7. The van der Waals surface area contributed by atoms with Crippen molar-refractivity contribution in [3.63, 3.8) is 0 Å². The van der Waals surface area contributed by atoms with E-state index in [2.05, 4.69) is 10.0 Å². The van der Waals surface area contributed by atoms with E-state index in [0.717, 1.165) is 11.4 Å². The zero-order valence-corrected chi connectivity index (χ0v) is 16.6. The second-order valence-corrected chi connectivity index (χ2v) is 9.66. The molecule has 27 heavy (non-hydrogen) atoms. The average molecular weight is 390 g/mol. The number of anilines is 1. The zero-order valence-electron chi connectivity index (χ0n) is 15.8. The van der Waals surface area contributed by atoms with E-state index in [1.54, 1.807) is 13.8 Å². The second kappa shape index (κ2) is 8.27. The lowest BCUT2D eigenvalue weighted by Gasteiger charge is -2.28. The molecule has 1 fully saturated rings. The lowest BCUT2D eigenvalue weighted by molar-refractivity contribution is -0.120. The molecule has 146 valence electrons. The van der Waals surface area contributed by atoms with Gasteiger partial charge in [0.25, 0.3) is 0 Å². The Bertz CT molecular complexity index is 850. The minimum absolute atomic E-state index is 0.00822. The first-order valence-electron chi connectivity index (χ1n) is 9.40. The number of carbonyl (C=O) groups is 1. The highest BCUT2D eigenvalue weighted by Gasteiger charge is 2.29. The largest absolute Gasteiger partial charge is 0.326 e. The van der Waals surface area contributed by atoms with Crippen LogP contribution in [0.3, 0.4) is 0 Å². The Hall–Kier alpha value is -2.12. The molecule has 0 bridgehead atoms. The van der Waals surface area contributed by atoms with E-state index in [4.69, 9.17) is 0 Å². The lowest BCUT2D eigenvalue weighted by Crippen LogP contribution is -2.42. The van der Waals surface area contributed by atoms with Crippen LogP contribution in [-0.4, -0.2) is 30.2 Å². The average Bonchev–Trinajstić information content (AvgIpc) is 3.17. The summed E-state index contributed by atoms with van der Waals surface area (Å²) in [5.74, 6) is -0.0668. The molecule has 1 saturated carbocycles. The first kappa shape index (κ1) is 19.6. The first-order chi connectivity index (χ1) is 12.8. The Kier molecular flexibility index (Phi) is 6.01. The van der Waals surface area contributed by atoms with Crippen molar-refractivity contribution < 1.29 is 13.2 Å². The van der Waals surface area contributed by atoms with Crippen LogP contribution in [0.2, 0.25) is 0 Å². The van der Waals surface area contributed by atoms with Crippen LogP contribution in [0.4, 0.5) is 5.69 Å². The van der Waals surface area contributed by atoms with Gasteiger partial charge in [0.15, 0.2) is 0 Å². The summed E-state index contributed by atoms with van der Waals surface area (Å²) in [5.41, 5.74) is 1.81. The molecule has 1 heterocycles. The zero-order chi connectivity index (χ0) is 19.4. The minimum atomic E-state index is -3.26. The van der Waals surface area contributed by atoms with Gasteiger partial charge in [-0.05, 0) is 75.9 Å². The third-order valence-electron chi connectivity index (χ3n) is 5.09. The van der Waals surface area contributed by atoms with Crippen molar-refractivity contribution in [3.8, 4) is 5.69 Å². The SMILES string of the molecule is CC(C)S(=O)(=O)NC1CCC(C(=O)Nc2ccc(-n3cccc3)cc2)CC1. The van der Waals surface area contributed by atoms with Gasteiger partial charge in [0.05, 0.1) is 5.25 Å². The molecular weight excluding hydrogens is 362 g/mol. The quantitative estimate of drug-likeness (QED) is 0.795. The number of amides is 1. The molecule has 1 amide bonds. The molecule has 7 heteroatoms. The number of benzene rings is 1. The maximum Gasteiger partial charge on any atom is 0.227 e. The van der Waals surface area contributed by atoms with E-state index in [0.29, 0.717) is 25.7 Å². The standard InChI is InChI=1S/C20H27N3O3S/c1-15(2)27(25,26)22-18-7-5-16(6-8-18)20(24)21-17-9-11-19(12-10-17)23-13-3-4-14-23/h3-4,9-16,18,22H,5-8H2,1-2H3,(H,21,24). The molecule has 0 unspecified atom stereocenters. The maximum absolute atomic E-state index is 12.5. The van der Waals surface area contributed by atoms with Crippen molar-refractivity contribution in [3.05, 3.63) is 48.8 Å². The topological polar surface area (TPSA) is 80.2 Å². The van der Waals surface area contributed by atoms with E-state index >= 15 is 0 Å². The molecule has 0 radical (unpaired) electrons. The number of carbonyl (C=O) groups excluding carboxylic acids is 1. The maximum atomic E-state index is 12.5. The molecule has 2 aromatic rings. The second-order valence-electron chi connectivity index (χ2n) is 7.39. The number of nitrogens with zero attached hydrogens (tertiary/aromatic N) is 1. The highest BCUT2D eigenvalue weighted by atomic mass is 32.2. The molecule has 0 atom stereocenters. The summed E-state index contributed by atoms with van der Waals surface area (Å²) >= 11 is 0. The van der Waals surface area contributed by atoms with Crippen molar-refractivity contribution in [2.24, 2.45) is 5.92 Å². The predicted molar refractivity (Wildman–Crippen MR) is 107 cm³/mol. The van der Waals surface area contributed by atoms with Gasteiger partial charge < -0.3 is 9.88 Å². The summed E-state index contributed by atoms with van der Waals surface area (Å²) in [4.78, 5) is 12.5.